The summed E-state index contributed by atoms with van der Waals surface area (Å²) in [5, 5.41) is 3.91. The van der Waals surface area contributed by atoms with Crippen molar-refractivity contribution in [3.8, 4) is 0 Å². The van der Waals surface area contributed by atoms with Crippen molar-refractivity contribution in [3.05, 3.63) is 99.5 Å². The number of carbonyl (C=O) groups is 3. The maximum atomic E-state index is 14.0. The van der Waals surface area contributed by atoms with Crippen molar-refractivity contribution in [1.82, 2.24) is 14.5 Å². The van der Waals surface area contributed by atoms with Crippen molar-refractivity contribution in [1.29, 1.82) is 0 Å². The van der Waals surface area contributed by atoms with Crippen LogP contribution in [0.1, 0.15) is 66.4 Å². The average Bonchev–Trinajstić information content (AvgIpc) is 3.22. The van der Waals surface area contributed by atoms with Crippen molar-refractivity contribution in [2.24, 2.45) is 0 Å². The molecular weight excluding hydrogens is 621 g/mol. The van der Waals surface area contributed by atoms with Gasteiger partial charge in [0.25, 0.3) is 15.9 Å². The van der Waals surface area contributed by atoms with E-state index >= 15 is 0 Å². The number of hydrogen-bond donors (Lipinski definition) is 1. The molecule has 3 aromatic rings. The number of amides is 3. The molecule has 0 saturated heterocycles. The molecular formula is C33H35Cl2N3O5S. The molecule has 44 heavy (non-hydrogen) atoms. The lowest BCUT2D eigenvalue weighted by atomic mass is 9.94. The Bertz CT molecular complexity index is 1630. The Hall–Kier alpha value is -3.40. The van der Waals surface area contributed by atoms with Gasteiger partial charge in [0.1, 0.15) is 10.9 Å². The topological polar surface area (TPSA) is 104 Å². The highest BCUT2D eigenvalue weighted by Gasteiger charge is 2.40. The highest BCUT2D eigenvalue weighted by atomic mass is 35.5. The molecule has 0 aromatic heterocycles. The van der Waals surface area contributed by atoms with Crippen LogP contribution in [0.4, 0.5) is 0 Å². The third-order valence-electron chi connectivity index (χ3n) is 8.22. The Morgan fingerprint density at radius 3 is 2.32 bits per heavy atom. The standard InChI is InChI=1S/C33H35Cl2N3O5S/c34-27-18-17-24(20-28(27)35)22-37(29(21-23-10-3-1-4-11-23)32(40)36-25-12-5-2-6-13-25)31(39)16-9-19-38-33(41)26-14-7-8-15-30(26)44(38,42)43/h1,3-4,7-8,10-11,14-15,17-18,20,25,29H,2,5-6,9,12-13,16,19,21-22H2,(H,36,40)/t29-/m0/s1. The minimum absolute atomic E-state index is 0.0279. The van der Waals surface area contributed by atoms with E-state index in [2.05, 4.69) is 5.32 Å². The lowest BCUT2D eigenvalue weighted by molar-refractivity contribution is -0.141. The highest BCUT2D eigenvalue weighted by Crippen LogP contribution is 2.30. The smallest absolute Gasteiger partial charge is 0.269 e. The fourth-order valence-corrected chi connectivity index (χ4v) is 7.83. The summed E-state index contributed by atoms with van der Waals surface area (Å²) in [6.45, 7) is -0.0580. The van der Waals surface area contributed by atoms with Gasteiger partial charge in [0.2, 0.25) is 11.8 Å². The maximum Gasteiger partial charge on any atom is 0.269 e. The second kappa shape index (κ2) is 14.1. The quantitative estimate of drug-likeness (QED) is 0.273. The summed E-state index contributed by atoms with van der Waals surface area (Å²) >= 11 is 12.5. The van der Waals surface area contributed by atoms with E-state index in [0.717, 1.165) is 42.0 Å². The summed E-state index contributed by atoms with van der Waals surface area (Å²) in [4.78, 5) is 42.3. The molecule has 1 aliphatic carbocycles. The first-order chi connectivity index (χ1) is 21.1. The van der Waals surface area contributed by atoms with Crippen molar-refractivity contribution in [3.63, 3.8) is 0 Å². The molecule has 0 radical (unpaired) electrons. The Balaban J connectivity index is 1.39. The lowest BCUT2D eigenvalue weighted by Crippen LogP contribution is -2.52. The molecule has 2 aliphatic rings. The van der Waals surface area contributed by atoms with Crippen LogP contribution in [-0.2, 0) is 32.6 Å². The number of benzene rings is 3. The number of nitrogens with one attached hydrogen (secondary N) is 1. The number of rotatable bonds is 11. The third-order valence-corrected chi connectivity index (χ3v) is 10.8. The van der Waals surface area contributed by atoms with Gasteiger partial charge in [-0.2, -0.15) is 0 Å². The fourth-order valence-electron chi connectivity index (χ4n) is 5.90. The van der Waals surface area contributed by atoms with Gasteiger partial charge in [0, 0.05) is 32.0 Å². The summed E-state index contributed by atoms with van der Waals surface area (Å²) in [6.07, 6.45) is 5.33. The first kappa shape index (κ1) is 32.0. The zero-order valence-electron chi connectivity index (χ0n) is 24.3. The van der Waals surface area contributed by atoms with Crippen LogP contribution in [0.25, 0.3) is 0 Å². The summed E-state index contributed by atoms with van der Waals surface area (Å²) in [5.74, 6) is -1.17. The van der Waals surface area contributed by atoms with Gasteiger partial charge in [-0.15, -0.1) is 0 Å². The van der Waals surface area contributed by atoms with E-state index in [0.29, 0.717) is 22.0 Å². The minimum Gasteiger partial charge on any atom is -0.352 e. The van der Waals surface area contributed by atoms with Crippen LogP contribution >= 0.6 is 23.2 Å². The molecule has 1 atom stereocenters. The van der Waals surface area contributed by atoms with E-state index < -0.39 is 22.0 Å². The van der Waals surface area contributed by atoms with Crippen LogP contribution in [0, 0.1) is 0 Å². The Labute approximate surface area is 268 Å². The number of halogens is 2. The van der Waals surface area contributed by atoms with Crippen molar-refractivity contribution >= 4 is 50.9 Å². The van der Waals surface area contributed by atoms with Gasteiger partial charge in [-0.1, -0.05) is 91.0 Å². The lowest BCUT2D eigenvalue weighted by Gasteiger charge is -2.33. The molecule has 3 aromatic carbocycles. The van der Waals surface area contributed by atoms with E-state index in [1.54, 1.807) is 35.2 Å². The summed E-state index contributed by atoms with van der Waals surface area (Å²) in [6, 6.07) is 19.9. The molecule has 11 heteroatoms. The predicted molar refractivity (Wildman–Crippen MR) is 170 cm³/mol. The van der Waals surface area contributed by atoms with Crippen LogP contribution in [0.5, 0.6) is 0 Å². The zero-order chi connectivity index (χ0) is 31.3. The molecule has 0 unspecified atom stereocenters. The first-order valence-corrected chi connectivity index (χ1v) is 17.1. The molecule has 0 bridgehead atoms. The molecule has 5 rings (SSSR count). The zero-order valence-corrected chi connectivity index (χ0v) is 26.6. The number of fused-ring (bicyclic) bond motifs is 1. The number of nitrogens with zero attached hydrogens (tertiary/aromatic N) is 2. The highest BCUT2D eigenvalue weighted by molar-refractivity contribution is 7.90. The molecule has 0 spiro atoms. The largest absolute Gasteiger partial charge is 0.352 e. The molecule has 1 fully saturated rings. The van der Waals surface area contributed by atoms with Gasteiger partial charge in [-0.3, -0.25) is 14.4 Å². The van der Waals surface area contributed by atoms with Gasteiger partial charge in [0.05, 0.1) is 15.6 Å². The Kier molecular flexibility index (Phi) is 10.3. The predicted octanol–water partition coefficient (Wildman–Crippen LogP) is 6.01. The van der Waals surface area contributed by atoms with E-state index in [-0.39, 0.29) is 54.2 Å². The van der Waals surface area contributed by atoms with E-state index in [1.165, 1.54) is 12.1 Å². The molecule has 232 valence electrons. The molecule has 1 heterocycles. The van der Waals surface area contributed by atoms with Crippen LogP contribution in [0.2, 0.25) is 10.0 Å². The SMILES string of the molecule is O=C(NC1CCCCC1)[C@H](Cc1ccccc1)N(Cc1ccc(Cl)c(Cl)c1)C(=O)CCCN1C(=O)c2ccccc2S1(=O)=O. The van der Waals surface area contributed by atoms with Crippen molar-refractivity contribution < 1.29 is 22.8 Å². The second-order valence-corrected chi connectivity index (χ2v) is 13.9. The van der Waals surface area contributed by atoms with Crippen LogP contribution in [-0.4, -0.2) is 54.0 Å². The fraction of sp³-hybridized carbons (Fsp3) is 0.364. The van der Waals surface area contributed by atoms with Gasteiger partial charge in [0.15, 0.2) is 0 Å². The van der Waals surface area contributed by atoms with Crippen LogP contribution in [0.15, 0.2) is 77.7 Å². The maximum absolute atomic E-state index is 14.0. The normalized spacial score (nSPS) is 16.8. The molecule has 1 N–H and O–H groups in total. The Morgan fingerprint density at radius 2 is 1.61 bits per heavy atom. The number of sulfonamides is 1. The molecule has 1 saturated carbocycles. The second-order valence-electron chi connectivity index (χ2n) is 11.3. The van der Waals surface area contributed by atoms with Gasteiger partial charge >= 0.3 is 0 Å². The summed E-state index contributed by atoms with van der Waals surface area (Å²) in [5.41, 5.74) is 1.72. The Morgan fingerprint density at radius 1 is 0.909 bits per heavy atom. The van der Waals surface area contributed by atoms with E-state index in [9.17, 15) is 22.8 Å². The van der Waals surface area contributed by atoms with E-state index in [4.69, 9.17) is 23.2 Å². The van der Waals surface area contributed by atoms with Crippen LogP contribution < -0.4 is 5.32 Å². The van der Waals surface area contributed by atoms with Gasteiger partial charge in [-0.25, -0.2) is 12.7 Å². The molecule has 1 aliphatic heterocycles. The monoisotopic (exact) mass is 655 g/mol. The average molecular weight is 657 g/mol. The third kappa shape index (κ3) is 7.28. The first-order valence-electron chi connectivity index (χ1n) is 14.9. The summed E-state index contributed by atoms with van der Waals surface area (Å²) < 4.78 is 26.9. The van der Waals surface area contributed by atoms with Crippen LogP contribution in [0.3, 0.4) is 0 Å². The number of carbonyl (C=O) groups excluding carboxylic acids is 3. The number of hydrogen-bond acceptors (Lipinski definition) is 5. The van der Waals surface area contributed by atoms with Gasteiger partial charge in [-0.05, 0) is 54.7 Å². The van der Waals surface area contributed by atoms with Gasteiger partial charge < -0.3 is 10.2 Å². The van der Waals surface area contributed by atoms with E-state index in [1.807, 2.05) is 30.3 Å². The van der Waals surface area contributed by atoms with Crippen molar-refractivity contribution in [2.75, 3.05) is 6.54 Å². The molecule has 8 nitrogen and oxygen atoms in total. The molecule has 3 amide bonds. The minimum atomic E-state index is -3.99. The van der Waals surface area contributed by atoms with Crippen molar-refractivity contribution in [2.45, 2.75) is 74.9 Å². The summed E-state index contributed by atoms with van der Waals surface area (Å²) in [7, 11) is -3.99.